The summed E-state index contributed by atoms with van der Waals surface area (Å²) < 4.78 is 0. The third kappa shape index (κ3) is 7.34. The van der Waals surface area contributed by atoms with Crippen LogP contribution >= 0.6 is 0 Å². The largest absolute Gasteiger partial charge is 0.481 e. The number of carbonyl (C=O) groups excluding carboxylic acids is 1. The SMILES string of the molecule is CCCC(CCNC(=O)NCC1CC1(C)C)CCC(=O)O. The second-order valence-electron chi connectivity index (χ2n) is 6.90. The van der Waals surface area contributed by atoms with E-state index < -0.39 is 5.97 Å². The topological polar surface area (TPSA) is 78.4 Å². The van der Waals surface area contributed by atoms with Crippen molar-refractivity contribution in [1.29, 1.82) is 0 Å². The third-order valence-electron chi connectivity index (χ3n) is 4.53. The molecule has 5 heteroatoms. The molecule has 2 amide bonds. The van der Waals surface area contributed by atoms with E-state index in [9.17, 15) is 9.59 Å². The number of hydrogen-bond acceptors (Lipinski definition) is 2. The van der Waals surface area contributed by atoms with Crippen LogP contribution in [0.15, 0.2) is 0 Å². The van der Waals surface area contributed by atoms with E-state index in [1.54, 1.807) is 0 Å². The van der Waals surface area contributed by atoms with E-state index in [4.69, 9.17) is 5.11 Å². The Morgan fingerprint density at radius 2 is 1.90 bits per heavy atom. The fourth-order valence-corrected chi connectivity index (χ4v) is 2.76. The van der Waals surface area contributed by atoms with Crippen molar-refractivity contribution in [2.75, 3.05) is 13.1 Å². The molecule has 0 aromatic rings. The van der Waals surface area contributed by atoms with Gasteiger partial charge in [0.25, 0.3) is 0 Å². The van der Waals surface area contributed by atoms with Gasteiger partial charge in [0.05, 0.1) is 0 Å². The average Bonchev–Trinajstić information content (AvgIpc) is 3.01. The van der Waals surface area contributed by atoms with Crippen molar-refractivity contribution in [2.45, 2.75) is 59.3 Å². The van der Waals surface area contributed by atoms with Crippen LogP contribution in [0.3, 0.4) is 0 Å². The van der Waals surface area contributed by atoms with Gasteiger partial charge < -0.3 is 15.7 Å². The van der Waals surface area contributed by atoms with Crippen LogP contribution in [-0.2, 0) is 4.79 Å². The predicted octanol–water partition coefficient (Wildman–Crippen LogP) is 3.00. The molecule has 1 saturated carbocycles. The van der Waals surface area contributed by atoms with Crippen LogP contribution in [0.4, 0.5) is 4.79 Å². The number of rotatable bonds is 10. The fourth-order valence-electron chi connectivity index (χ4n) is 2.76. The molecule has 0 aromatic heterocycles. The zero-order valence-electron chi connectivity index (χ0n) is 13.6. The van der Waals surface area contributed by atoms with Crippen molar-refractivity contribution in [1.82, 2.24) is 10.6 Å². The maximum atomic E-state index is 11.7. The van der Waals surface area contributed by atoms with Gasteiger partial charge in [-0.25, -0.2) is 4.79 Å². The number of carbonyl (C=O) groups is 2. The average molecular weight is 298 g/mol. The minimum absolute atomic E-state index is 0.105. The van der Waals surface area contributed by atoms with Crippen LogP contribution in [0.25, 0.3) is 0 Å². The van der Waals surface area contributed by atoms with E-state index in [2.05, 4.69) is 31.4 Å². The van der Waals surface area contributed by atoms with Crippen molar-refractivity contribution >= 4 is 12.0 Å². The standard InChI is InChI=1S/C16H30N2O3/c1-4-5-12(6-7-14(19)20)8-9-17-15(21)18-11-13-10-16(13,2)3/h12-13H,4-11H2,1-3H3,(H,19,20)(H2,17,18,21). The fraction of sp³-hybridized carbons (Fsp3) is 0.875. The number of amides is 2. The number of aliphatic carboxylic acids is 1. The molecule has 1 aliphatic carbocycles. The van der Waals surface area contributed by atoms with Gasteiger partial charge in [-0.05, 0) is 36.5 Å². The molecule has 3 N–H and O–H groups in total. The maximum absolute atomic E-state index is 11.7. The summed E-state index contributed by atoms with van der Waals surface area (Å²) in [6.45, 7) is 7.90. The van der Waals surface area contributed by atoms with Crippen LogP contribution < -0.4 is 10.6 Å². The van der Waals surface area contributed by atoms with E-state index in [1.165, 1.54) is 6.42 Å². The first-order valence-corrected chi connectivity index (χ1v) is 8.08. The summed E-state index contributed by atoms with van der Waals surface area (Å²) in [7, 11) is 0. The lowest BCUT2D eigenvalue weighted by atomic mass is 9.94. The van der Waals surface area contributed by atoms with Crippen molar-refractivity contribution in [3.63, 3.8) is 0 Å². The number of urea groups is 1. The van der Waals surface area contributed by atoms with Gasteiger partial charge in [-0.2, -0.15) is 0 Å². The highest BCUT2D eigenvalue weighted by atomic mass is 16.4. The molecule has 0 bridgehead atoms. The molecule has 0 spiro atoms. The molecule has 2 unspecified atom stereocenters. The highest BCUT2D eigenvalue weighted by Crippen LogP contribution is 2.50. The first-order chi connectivity index (χ1) is 9.85. The maximum Gasteiger partial charge on any atom is 0.314 e. The Hall–Kier alpha value is -1.26. The molecule has 1 aliphatic rings. The van der Waals surface area contributed by atoms with Gasteiger partial charge in [0.2, 0.25) is 0 Å². The first kappa shape index (κ1) is 17.8. The lowest BCUT2D eigenvalue weighted by molar-refractivity contribution is -0.137. The molecule has 5 nitrogen and oxygen atoms in total. The Kier molecular flexibility index (Phi) is 6.99. The Balaban J connectivity index is 2.11. The monoisotopic (exact) mass is 298 g/mol. The third-order valence-corrected chi connectivity index (χ3v) is 4.53. The molecule has 2 atom stereocenters. The molecular weight excluding hydrogens is 268 g/mol. The number of carboxylic acid groups (broad SMARTS) is 1. The number of nitrogens with one attached hydrogen (secondary N) is 2. The van der Waals surface area contributed by atoms with E-state index in [0.717, 1.165) is 25.8 Å². The summed E-state index contributed by atoms with van der Waals surface area (Å²) in [6, 6.07) is -0.105. The van der Waals surface area contributed by atoms with Crippen molar-refractivity contribution in [3.05, 3.63) is 0 Å². The van der Waals surface area contributed by atoms with Gasteiger partial charge >= 0.3 is 12.0 Å². The van der Waals surface area contributed by atoms with Crippen LogP contribution in [-0.4, -0.2) is 30.2 Å². The Bertz CT molecular complexity index is 355. The zero-order chi connectivity index (χ0) is 15.9. The quantitative estimate of drug-likeness (QED) is 0.580. The molecular formula is C16H30N2O3. The normalized spacial score (nSPS) is 20.6. The second kappa shape index (κ2) is 8.25. The van der Waals surface area contributed by atoms with E-state index in [0.29, 0.717) is 30.2 Å². The van der Waals surface area contributed by atoms with Crippen molar-refractivity contribution < 1.29 is 14.7 Å². The lowest BCUT2D eigenvalue weighted by Gasteiger charge is -2.15. The molecule has 1 rings (SSSR count). The van der Waals surface area contributed by atoms with Gasteiger partial charge in [0.1, 0.15) is 0 Å². The highest BCUT2D eigenvalue weighted by molar-refractivity contribution is 5.73. The molecule has 1 fully saturated rings. The Labute approximate surface area is 127 Å². The highest BCUT2D eigenvalue weighted by Gasteiger charge is 2.45. The van der Waals surface area contributed by atoms with Gasteiger partial charge in [0.15, 0.2) is 0 Å². The van der Waals surface area contributed by atoms with Gasteiger partial charge in [0, 0.05) is 19.5 Å². The van der Waals surface area contributed by atoms with Gasteiger partial charge in [-0.15, -0.1) is 0 Å². The minimum Gasteiger partial charge on any atom is -0.481 e. The van der Waals surface area contributed by atoms with Crippen molar-refractivity contribution in [3.8, 4) is 0 Å². The summed E-state index contributed by atoms with van der Waals surface area (Å²) in [4.78, 5) is 22.3. The molecule has 0 saturated heterocycles. The predicted molar refractivity (Wildman–Crippen MR) is 83.2 cm³/mol. The second-order valence-corrected chi connectivity index (χ2v) is 6.90. The smallest absolute Gasteiger partial charge is 0.314 e. The van der Waals surface area contributed by atoms with E-state index in [1.807, 2.05) is 0 Å². The molecule has 0 radical (unpaired) electrons. The van der Waals surface area contributed by atoms with Crippen molar-refractivity contribution in [2.24, 2.45) is 17.3 Å². The van der Waals surface area contributed by atoms with E-state index in [-0.39, 0.29) is 12.5 Å². The first-order valence-electron chi connectivity index (χ1n) is 8.08. The van der Waals surface area contributed by atoms with E-state index >= 15 is 0 Å². The summed E-state index contributed by atoms with van der Waals surface area (Å²) in [5, 5.41) is 14.5. The van der Waals surface area contributed by atoms with Crippen LogP contribution in [0.1, 0.15) is 59.3 Å². The Morgan fingerprint density at radius 3 is 2.43 bits per heavy atom. The van der Waals surface area contributed by atoms with Gasteiger partial charge in [-0.3, -0.25) is 4.79 Å². The summed E-state index contributed by atoms with van der Waals surface area (Å²) in [5.74, 6) is 0.245. The minimum atomic E-state index is -0.742. The number of carboxylic acids is 1. The number of hydrogen-bond donors (Lipinski definition) is 3. The molecule has 0 heterocycles. The van der Waals surface area contributed by atoms with Gasteiger partial charge in [-0.1, -0.05) is 33.6 Å². The molecule has 21 heavy (non-hydrogen) atoms. The zero-order valence-corrected chi connectivity index (χ0v) is 13.6. The molecule has 0 aliphatic heterocycles. The molecule has 122 valence electrons. The van der Waals surface area contributed by atoms with Crippen LogP contribution in [0.2, 0.25) is 0 Å². The summed E-state index contributed by atoms with van der Waals surface area (Å²) in [5.41, 5.74) is 0.385. The van der Waals surface area contributed by atoms with Crippen LogP contribution in [0.5, 0.6) is 0 Å². The summed E-state index contributed by atoms with van der Waals surface area (Å²) in [6.07, 6.45) is 5.01. The lowest BCUT2D eigenvalue weighted by Crippen LogP contribution is -2.38. The Morgan fingerprint density at radius 1 is 1.24 bits per heavy atom. The van der Waals surface area contributed by atoms with Crippen LogP contribution in [0, 0.1) is 17.3 Å². The molecule has 0 aromatic carbocycles. The summed E-state index contributed by atoms with van der Waals surface area (Å²) >= 11 is 0.